The SMILES string of the molecule is O=C(O)c1cc(C(=O)N2CCOC3(CCC3)C2)cc([N+](=O)[O-])c1. The fraction of sp³-hybridized carbons (Fsp3) is 0.467. The number of nitro groups is 1. The number of carbonyl (C=O) groups excluding carboxylic acids is 1. The summed E-state index contributed by atoms with van der Waals surface area (Å²) in [5.41, 5.74) is -0.938. The molecule has 1 amide bonds. The molecule has 2 aliphatic rings. The Labute approximate surface area is 131 Å². The first-order valence-corrected chi connectivity index (χ1v) is 7.36. The number of carboxylic acids is 1. The van der Waals surface area contributed by atoms with E-state index in [9.17, 15) is 19.7 Å². The van der Waals surface area contributed by atoms with Crippen molar-refractivity contribution in [3.05, 3.63) is 39.4 Å². The number of amides is 1. The summed E-state index contributed by atoms with van der Waals surface area (Å²) >= 11 is 0. The van der Waals surface area contributed by atoms with Crippen molar-refractivity contribution in [3.8, 4) is 0 Å². The van der Waals surface area contributed by atoms with E-state index in [-0.39, 0.29) is 16.7 Å². The van der Waals surface area contributed by atoms with Gasteiger partial charge >= 0.3 is 5.97 Å². The van der Waals surface area contributed by atoms with Gasteiger partial charge in [0.15, 0.2) is 0 Å². The van der Waals surface area contributed by atoms with Crippen molar-refractivity contribution in [2.75, 3.05) is 19.7 Å². The molecular weight excluding hydrogens is 304 g/mol. The van der Waals surface area contributed by atoms with E-state index in [1.807, 2.05) is 0 Å². The zero-order valence-electron chi connectivity index (χ0n) is 12.4. The summed E-state index contributed by atoms with van der Waals surface area (Å²) < 4.78 is 5.75. The summed E-state index contributed by atoms with van der Waals surface area (Å²) in [6.45, 7) is 1.26. The maximum absolute atomic E-state index is 12.6. The van der Waals surface area contributed by atoms with Gasteiger partial charge < -0.3 is 14.7 Å². The second-order valence-electron chi connectivity index (χ2n) is 5.94. The molecule has 1 saturated carbocycles. The largest absolute Gasteiger partial charge is 0.478 e. The highest BCUT2D eigenvalue weighted by Gasteiger charge is 2.43. The summed E-state index contributed by atoms with van der Waals surface area (Å²) in [6.07, 6.45) is 2.85. The Balaban J connectivity index is 1.89. The lowest BCUT2D eigenvalue weighted by atomic mass is 9.79. The van der Waals surface area contributed by atoms with E-state index in [1.165, 1.54) is 6.07 Å². The first-order valence-electron chi connectivity index (χ1n) is 7.36. The fourth-order valence-electron chi connectivity index (χ4n) is 3.04. The second-order valence-corrected chi connectivity index (χ2v) is 5.94. The van der Waals surface area contributed by atoms with Crippen molar-refractivity contribution in [2.24, 2.45) is 0 Å². The minimum absolute atomic E-state index is 0.0213. The summed E-state index contributed by atoms with van der Waals surface area (Å²) in [5, 5.41) is 20.0. The standard InChI is InChI=1S/C15H16N2O6/c18-13(16-4-5-23-15(9-16)2-1-3-15)10-6-11(14(19)20)8-12(7-10)17(21)22/h6-8H,1-5,9H2,(H,19,20). The Kier molecular flexibility index (Phi) is 3.77. The van der Waals surface area contributed by atoms with Crippen molar-refractivity contribution in [2.45, 2.75) is 24.9 Å². The Hall–Kier alpha value is -2.48. The number of benzene rings is 1. The summed E-state index contributed by atoms with van der Waals surface area (Å²) in [6, 6.07) is 3.25. The molecule has 8 heteroatoms. The third kappa shape index (κ3) is 2.89. The first kappa shape index (κ1) is 15.4. The number of hydrogen-bond acceptors (Lipinski definition) is 5. The van der Waals surface area contributed by atoms with Crippen LogP contribution in [0.3, 0.4) is 0 Å². The molecule has 1 heterocycles. The van der Waals surface area contributed by atoms with E-state index in [1.54, 1.807) is 4.90 Å². The lowest BCUT2D eigenvalue weighted by molar-refractivity contribution is -0.384. The number of non-ortho nitro benzene ring substituents is 1. The quantitative estimate of drug-likeness (QED) is 0.670. The third-order valence-corrected chi connectivity index (χ3v) is 4.42. The number of ether oxygens (including phenoxy) is 1. The number of hydrogen-bond donors (Lipinski definition) is 1. The predicted molar refractivity (Wildman–Crippen MR) is 78.5 cm³/mol. The van der Waals surface area contributed by atoms with Crippen LogP contribution in [0.4, 0.5) is 5.69 Å². The molecule has 0 aromatic heterocycles. The van der Waals surface area contributed by atoms with Gasteiger partial charge in [-0.2, -0.15) is 0 Å². The molecule has 2 fully saturated rings. The van der Waals surface area contributed by atoms with Crippen LogP contribution in [0.5, 0.6) is 0 Å². The van der Waals surface area contributed by atoms with Crippen LogP contribution in [0.15, 0.2) is 18.2 Å². The van der Waals surface area contributed by atoms with Gasteiger partial charge in [-0.1, -0.05) is 0 Å². The highest BCUT2D eigenvalue weighted by atomic mass is 16.6. The third-order valence-electron chi connectivity index (χ3n) is 4.42. The molecule has 1 spiro atoms. The molecule has 0 radical (unpaired) electrons. The number of morpholine rings is 1. The molecular formula is C15H16N2O6. The van der Waals surface area contributed by atoms with Gasteiger partial charge in [-0.3, -0.25) is 14.9 Å². The highest BCUT2D eigenvalue weighted by Crippen LogP contribution is 2.38. The highest BCUT2D eigenvalue weighted by molar-refractivity contribution is 5.98. The minimum atomic E-state index is -1.31. The maximum atomic E-state index is 12.6. The predicted octanol–water partition coefficient (Wildman–Crippen LogP) is 1.69. The first-order chi connectivity index (χ1) is 10.9. The lowest BCUT2D eigenvalue weighted by Gasteiger charge is -2.48. The van der Waals surface area contributed by atoms with Gasteiger partial charge in [-0.25, -0.2) is 4.79 Å². The van der Waals surface area contributed by atoms with Gasteiger partial charge in [0.25, 0.3) is 11.6 Å². The van der Waals surface area contributed by atoms with Gasteiger partial charge in [0, 0.05) is 24.2 Å². The fourth-order valence-corrected chi connectivity index (χ4v) is 3.04. The molecule has 3 rings (SSSR count). The minimum Gasteiger partial charge on any atom is -0.478 e. The second kappa shape index (κ2) is 5.62. The van der Waals surface area contributed by atoms with Crippen LogP contribution in [0.25, 0.3) is 0 Å². The van der Waals surface area contributed by atoms with Crippen LogP contribution in [0.2, 0.25) is 0 Å². The van der Waals surface area contributed by atoms with Crippen LogP contribution in [-0.2, 0) is 4.74 Å². The van der Waals surface area contributed by atoms with Crippen LogP contribution < -0.4 is 0 Å². The van der Waals surface area contributed by atoms with Crippen molar-refractivity contribution >= 4 is 17.6 Å². The Morgan fingerprint density at radius 3 is 2.52 bits per heavy atom. The van der Waals surface area contributed by atoms with Gasteiger partial charge in [-0.05, 0) is 25.3 Å². The normalized spacial score (nSPS) is 19.2. The topological polar surface area (TPSA) is 110 Å². The number of carbonyl (C=O) groups is 2. The van der Waals surface area contributed by atoms with Crippen molar-refractivity contribution in [1.29, 1.82) is 0 Å². The molecule has 23 heavy (non-hydrogen) atoms. The molecule has 0 atom stereocenters. The summed E-state index contributed by atoms with van der Waals surface area (Å²) in [4.78, 5) is 35.6. The average Bonchev–Trinajstić information content (AvgIpc) is 2.52. The average molecular weight is 320 g/mol. The van der Waals surface area contributed by atoms with Gasteiger partial charge in [0.05, 0.1) is 29.2 Å². The van der Waals surface area contributed by atoms with E-state index < -0.39 is 22.5 Å². The molecule has 0 unspecified atom stereocenters. The molecule has 1 aromatic rings. The molecule has 122 valence electrons. The zero-order valence-corrected chi connectivity index (χ0v) is 12.4. The maximum Gasteiger partial charge on any atom is 0.335 e. The van der Waals surface area contributed by atoms with E-state index in [4.69, 9.17) is 9.84 Å². The summed E-state index contributed by atoms with van der Waals surface area (Å²) in [5.74, 6) is -1.70. The Morgan fingerprint density at radius 2 is 1.96 bits per heavy atom. The molecule has 1 saturated heterocycles. The summed E-state index contributed by atoms with van der Waals surface area (Å²) in [7, 11) is 0. The van der Waals surface area contributed by atoms with Crippen LogP contribution >= 0.6 is 0 Å². The van der Waals surface area contributed by atoms with E-state index in [0.29, 0.717) is 19.7 Å². The molecule has 0 bridgehead atoms. The van der Waals surface area contributed by atoms with Crippen LogP contribution in [0, 0.1) is 10.1 Å². The van der Waals surface area contributed by atoms with E-state index >= 15 is 0 Å². The molecule has 1 aliphatic heterocycles. The van der Waals surface area contributed by atoms with Crippen molar-refractivity contribution < 1.29 is 24.4 Å². The van der Waals surface area contributed by atoms with Crippen LogP contribution in [0.1, 0.15) is 40.0 Å². The number of aromatic carboxylic acids is 1. The molecule has 8 nitrogen and oxygen atoms in total. The van der Waals surface area contributed by atoms with E-state index in [2.05, 4.69) is 0 Å². The van der Waals surface area contributed by atoms with Crippen LogP contribution in [-0.4, -0.2) is 52.1 Å². The van der Waals surface area contributed by atoms with Gasteiger partial charge in [0.1, 0.15) is 0 Å². The van der Waals surface area contributed by atoms with Crippen molar-refractivity contribution in [1.82, 2.24) is 4.90 Å². The van der Waals surface area contributed by atoms with Crippen molar-refractivity contribution in [3.63, 3.8) is 0 Å². The number of nitrogens with zero attached hydrogens (tertiary/aromatic N) is 2. The van der Waals surface area contributed by atoms with Gasteiger partial charge in [0.2, 0.25) is 0 Å². The number of carboxylic acid groups (broad SMARTS) is 1. The number of nitro benzene ring substituents is 1. The van der Waals surface area contributed by atoms with Gasteiger partial charge in [-0.15, -0.1) is 0 Å². The Morgan fingerprint density at radius 1 is 1.26 bits per heavy atom. The number of rotatable bonds is 3. The molecule has 1 N–H and O–H groups in total. The van der Waals surface area contributed by atoms with E-state index in [0.717, 1.165) is 31.4 Å². The monoisotopic (exact) mass is 320 g/mol. The Bertz CT molecular complexity index is 650. The zero-order chi connectivity index (χ0) is 16.6. The smallest absolute Gasteiger partial charge is 0.335 e. The lowest BCUT2D eigenvalue weighted by Crippen LogP contribution is -2.57. The molecule has 1 aliphatic carbocycles. The molecule has 1 aromatic carbocycles.